The molecule has 2 aromatic rings. The number of benzene rings is 2. The van der Waals surface area contributed by atoms with Crippen LogP contribution in [0.1, 0.15) is 27.8 Å². The van der Waals surface area contributed by atoms with Gasteiger partial charge in [-0.2, -0.15) is 5.26 Å². The van der Waals surface area contributed by atoms with E-state index in [4.69, 9.17) is 5.26 Å². The van der Waals surface area contributed by atoms with E-state index in [1.54, 1.807) is 6.07 Å². The molecule has 0 spiro atoms. The van der Waals surface area contributed by atoms with Crippen molar-refractivity contribution in [1.82, 2.24) is 0 Å². The first-order valence-corrected chi connectivity index (χ1v) is 6.51. The molecule has 0 saturated carbocycles. The van der Waals surface area contributed by atoms with Gasteiger partial charge >= 0.3 is 0 Å². The van der Waals surface area contributed by atoms with Gasteiger partial charge in [-0.3, -0.25) is 0 Å². The zero-order valence-electron chi connectivity index (χ0n) is 11.9. The second-order valence-electron chi connectivity index (χ2n) is 5.02. The third kappa shape index (κ3) is 2.97. The van der Waals surface area contributed by atoms with Crippen molar-refractivity contribution in [2.24, 2.45) is 0 Å². The van der Waals surface area contributed by atoms with Gasteiger partial charge < -0.3 is 5.32 Å². The quantitative estimate of drug-likeness (QED) is 0.904. The molecular formula is C17H17FN2. The summed E-state index contributed by atoms with van der Waals surface area (Å²) >= 11 is 0. The Balaban J connectivity index is 2.21. The minimum Gasteiger partial charge on any atom is -0.380 e. The average molecular weight is 268 g/mol. The molecule has 0 fully saturated rings. The molecule has 0 amide bonds. The van der Waals surface area contributed by atoms with Gasteiger partial charge in [-0.15, -0.1) is 0 Å². The Morgan fingerprint density at radius 1 is 1.05 bits per heavy atom. The maximum Gasteiger partial charge on any atom is 0.124 e. The zero-order chi connectivity index (χ0) is 14.7. The van der Waals surface area contributed by atoms with Crippen LogP contribution in [0.15, 0.2) is 30.3 Å². The van der Waals surface area contributed by atoms with Gasteiger partial charge in [0.2, 0.25) is 0 Å². The van der Waals surface area contributed by atoms with Crippen LogP contribution >= 0.6 is 0 Å². The summed E-state index contributed by atoms with van der Waals surface area (Å²) in [7, 11) is 0. The summed E-state index contributed by atoms with van der Waals surface area (Å²) in [6.07, 6.45) is 0. The first-order chi connectivity index (χ1) is 9.51. The molecule has 1 N–H and O–H groups in total. The fraction of sp³-hybridized carbons (Fsp3) is 0.235. The number of anilines is 1. The van der Waals surface area contributed by atoms with Gasteiger partial charge in [-0.25, -0.2) is 4.39 Å². The Kier molecular flexibility index (Phi) is 4.05. The normalized spacial score (nSPS) is 10.2. The molecule has 0 atom stereocenters. The van der Waals surface area contributed by atoms with Crippen molar-refractivity contribution < 1.29 is 4.39 Å². The smallest absolute Gasteiger partial charge is 0.124 e. The number of nitrogens with zero attached hydrogens (tertiary/aromatic N) is 1. The molecule has 0 saturated heterocycles. The summed E-state index contributed by atoms with van der Waals surface area (Å²) in [4.78, 5) is 0. The molecule has 0 aliphatic rings. The standard InChI is InChI=1S/C17H17FN2/c1-11-6-13(3)15(7-12(11)2)10-20-17-5-4-16(18)8-14(17)9-19/h4-8,20H,10H2,1-3H3. The van der Waals surface area contributed by atoms with Crippen LogP contribution in [0, 0.1) is 37.9 Å². The van der Waals surface area contributed by atoms with Crippen LogP contribution in [-0.4, -0.2) is 0 Å². The van der Waals surface area contributed by atoms with E-state index in [2.05, 4.69) is 38.2 Å². The van der Waals surface area contributed by atoms with E-state index in [1.165, 1.54) is 34.4 Å². The number of halogens is 1. The van der Waals surface area contributed by atoms with E-state index >= 15 is 0 Å². The molecule has 2 nitrogen and oxygen atoms in total. The Labute approximate surface area is 118 Å². The van der Waals surface area contributed by atoms with Crippen LogP contribution in [0.25, 0.3) is 0 Å². The molecule has 0 unspecified atom stereocenters. The highest BCUT2D eigenvalue weighted by molar-refractivity contribution is 5.57. The van der Waals surface area contributed by atoms with Crippen molar-refractivity contribution in [3.05, 3.63) is 64.0 Å². The van der Waals surface area contributed by atoms with E-state index in [-0.39, 0.29) is 0 Å². The number of rotatable bonds is 3. The van der Waals surface area contributed by atoms with Crippen LogP contribution in [0.2, 0.25) is 0 Å². The van der Waals surface area contributed by atoms with E-state index in [9.17, 15) is 4.39 Å². The van der Waals surface area contributed by atoms with Crippen LogP contribution in [-0.2, 0) is 6.54 Å². The lowest BCUT2D eigenvalue weighted by atomic mass is 10.0. The van der Waals surface area contributed by atoms with Crippen molar-refractivity contribution in [1.29, 1.82) is 5.26 Å². The average Bonchev–Trinajstić information content (AvgIpc) is 2.42. The predicted molar refractivity (Wildman–Crippen MR) is 79.1 cm³/mol. The van der Waals surface area contributed by atoms with Crippen LogP contribution in [0.5, 0.6) is 0 Å². The molecule has 0 aliphatic heterocycles. The molecule has 2 aromatic carbocycles. The van der Waals surface area contributed by atoms with Gasteiger partial charge in [0, 0.05) is 6.54 Å². The largest absolute Gasteiger partial charge is 0.380 e. The van der Waals surface area contributed by atoms with Crippen molar-refractivity contribution in [2.45, 2.75) is 27.3 Å². The van der Waals surface area contributed by atoms with Gasteiger partial charge in [-0.1, -0.05) is 12.1 Å². The Bertz CT molecular complexity index is 684. The van der Waals surface area contributed by atoms with E-state index in [1.807, 2.05) is 6.07 Å². The fourth-order valence-electron chi connectivity index (χ4n) is 2.16. The van der Waals surface area contributed by atoms with Gasteiger partial charge in [-0.05, 0) is 61.2 Å². The summed E-state index contributed by atoms with van der Waals surface area (Å²) in [5.41, 5.74) is 5.89. The summed E-state index contributed by atoms with van der Waals surface area (Å²) < 4.78 is 13.1. The van der Waals surface area contributed by atoms with Crippen LogP contribution in [0.3, 0.4) is 0 Å². The maximum atomic E-state index is 13.1. The first kappa shape index (κ1) is 14.1. The molecule has 0 heterocycles. The molecular weight excluding hydrogens is 251 g/mol. The third-order valence-electron chi connectivity index (χ3n) is 3.52. The van der Waals surface area contributed by atoms with Gasteiger partial charge in [0.1, 0.15) is 11.9 Å². The number of hydrogen-bond acceptors (Lipinski definition) is 2. The summed E-state index contributed by atoms with van der Waals surface area (Å²) in [6, 6.07) is 10.5. The van der Waals surface area contributed by atoms with E-state index < -0.39 is 5.82 Å². The summed E-state index contributed by atoms with van der Waals surface area (Å²) in [5.74, 6) is -0.394. The molecule has 0 radical (unpaired) electrons. The lowest BCUT2D eigenvalue weighted by Gasteiger charge is -2.12. The molecule has 102 valence electrons. The monoisotopic (exact) mass is 268 g/mol. The summed E-state index contributed by atoms with van der Waals surface area (Å²) in [6.45, 7) is 6.86. The minimum atomic E-state index is -0.394. The number of aryl methyl sites for hydroxylation is 3. The Morgan fingerprint density at radius 3 is 2.45 bits per heavy atom. The highest BCUT2D eigenvalue weighted by atomic mass is 19.1. The van der Waals surface area contributed by atoms with Gasteiger partial charge in [0.15, 0.2) is 0 Å². The topological polar surface area (TPSA) is 35.8 Å². The molecule has 0 bridgehead atoms. The highest BCUT2D eigenvalue weighted by Gasteiger charge is 2.05. The first-order valence-electron chi connectivity index (χ1n) is 6.51. The molecule has 2 rings (SSSR count). The summed E-state index contributed by atoms with van der Waals surface area (Å²) in [5, 5.41) is 12.2. The van der Waals surface area contributed by atoms with Crippen LogP contribution < -0.4 is 5.32 Å². The number of hydrogen-bond donors (Lipinski definition) is 1. The fourth-order valence-corrected chi connectivity index (χ4v) is 2.16. The molecule has 0 aromatic heterocycles. The van der Waals surface area contributed by atoms with E-state index in [0.717, 1.165) is 0 Å². The van der Waals surface area contributed by atoms with Crippen molar-refractivity contribution in [3.63, 3.8) is 0 Å². The lowest BCUT2D eigenvalue weighted by Crippen LogP contribution is -2.04. The van der Waals surface area contributed by atoms with Gasteiger partial charge in [0.05, 0.1) is 11.3 Å². The Morgan fingerprint density at radius 2 is 1.75 bits per heavy atom. The van der Waals surface area contributed by atoms with Gasteiger partial charge in [0.25, 0.3) is 0 Å². The molecule has 3 heteroatoms. The third-order valence-corrected chi connectivity index (χ3v) is 3.52. The lowest BCUT2D eigenvalue weighted by molar-refractivity contribution is 0.627. The van der Waals surface area contributed by atoms with Crippen molar-refractivity contribution >= 4 is 5.69 Å². The maximum absolute atomic E-state index is 13.1. The SMILES string of the molecule is Cc1cc(C)c(CNc2ccc(F)cc2C#N)cc1C. The van der Waals surface area contributed by atoms with Crippen molar-refractivity contribution in [2.75, 3.05) is 5.32 Å². The minimum absolute atomic E-state index is 0.325. The zero-order valence-corrected chi connectivity index (χ0v) is 11.9. The number of nitriles is 1. The Hall–Kier alpha value is -2.34. The van der Waals surface area contributed by atoms with E-state index in [0.29, 0.717) is 17.8 Å². The predicted octanol–water partition coefficient (Wildman–Crippen LogP) is 4.23. The van der Waals surface area contributed by atoms with Crippen LogP contribution in [0.4, 0.5) is 10.1 Å². The number of nitrogens with one attached hydrogen (secondary N) is 1. The molecule has 20 heavy (non-hydrogen) atoms. The van der Waals surface area contributed by atoms with Crippen molar-refractivity contribution in [3.8, 4) is 6.07 Å². The second kappa shape index (κ2) is 5.75. The molecule has 0 aliphatic carbocycles. The highest BCUT2D eigenvalue weighted by Crippen LogP contribution is 2.20. The second-order valence-corrected chi connectivity index (χ2v) is 5.02.